The molecule has 0 saturated carbocycles. The van der Waals surface area contributed by atoms with Crippen molar-refractivity contribution in [1.82, 2.24) is 20.5 Å². The van der Waals surface area contributed by atoms with Gasteiger partial charge in [0.15, 0.2) is 5.96 Å². The number of oxazole rings is 1. The molecule has 1 aliphatic heterocycles. The number of likely N-dealkylation sites (tertiary alicyclic amines) is 1. The maximum Gasteiger partial charge on any atom is 0.226 e. The average Bonchev–Trinajstić information content (AvgIpc) is 3.13. The van der Waals surface area contributed by atoms with Gasteiger partial charge in [-0.15, -0.1) is 0 Å². The molecule has 7 nitrogen and oxygen atoms in total. The third kappa shape index (κ3) is 6.61. The second-order valence-corrected chi connectivity index (χ2v) is 7.68. The topological polar surface area (TPSA) is 82.8 Å². The molecule has 1 aromatic heterocycles. The lowest BCUT2D eigenvalue weighted by atomic mass is 10.1. The van der Waals surface area contributed by atoms with E-state index in [-0.39, 0.29) is 0 Å². The second kappa shape index (κ2) is 11.4. The van der Waals surface area contributed by atoms with Crippen LogP contribution >= 0.6 is 0 Å². The molecule has 1 aliphatic rings. The van der Waals surface area contributed by atoms with E-state index in [0.717, 1.165) is 69.1 Å². The summed E-state index contributed by atoms with van der Waals surface area (Å²) in [6, 6.07) is 8.11. The predicted octanol–water partition coefficient (Wildman–Crippen LogP) is 3.50. The highest BCUT2D eigenvalue weighted by molar-refractivity contribution is 5.79. The van der Waals surface area contributed by atoms with Crippen molar-refractivity contribution in [3.05, 3.63) is 41.8 Å². The van der Waals surface area contributed by atoms with Gasteiger partial charge in [0.25, 0.3) is 0 Å². The van der Waals surface area contributed by atoms with Crippen molar-refractivity contribution in [3.63, 3.8) is 0 Å². The Balaban J connectivity index is 1.48. The fourth-order valence-electron chi connectivity index (χ4n) is 3.46. The Kier molecular flexibility index (Phi) is 8.30. The Morgan fingerprint density at radius 1 is 1.20 bits per heavy atom. The molecule has 0 bridgehead atoms. The normalized spacial score (nSPS) is 15.2. The summed E-state index contributed by atoms with van der Waals surface area (Å²) in [5.74, 6) is 1.66. The zero-order valence-corrected chi connectivity index (χ0v) is 18.1. The van der Waals surface area contributed by atoms with Crippen LogP contribution in [0.5, 0.6) is 0 Å². The first kappa shape index (κ1) is 21.9. The third-order valence-corrected chi connectivity index (χ3v) is 5.16. The minimum absolute atomic E-state index is 0.295. The molecule has 30 heavy (non-hydrogen) atoms. The van der Waals surface area contributed by atoms with Crippen LogP contribution in [0.3, 0.4) is 0 Å². The molecule has 0 aliphatic carbocycles. The highest BCUT2D eigenvalue weighted by atomic mass is 16.3. The van der Waals surface area contributed by atoms with Crippen molar-refractivity contribution in [2.24, 2.45) is 4.99 Å². The number of carbonyl (C=O) groups excluding carboxylic acids is 1. The number of guanidine groups is 1. The summed E-state index contributed by atoms with van der Waals surface area (Å²) in [6.07, 6.45) is 6.56. The smallest absolute Gasteiger partial charge is 0.226 e. The molecule has 1 fully saturated rings. The molecule has 1 aromatic carbocycles. The van der Waals surface area contributed by atoms with Crippen LogP contribution in [-0.4, -0.2) is 47.9 Å². The van der Waals surface area contributed by atoms with Crippen LogP contribution in [-0.2, 0) is 11.3 Å². The molecule has 0 atom stereocenters. The van der Waals surface area contributed by atoms with Crippen molar-refractivity contribution in [3.8, 4) is 11.5 Å². The molecule has 3 rings (SSSR count). The zero-order valence-electron chi connectivity index (χ0n) is 18.1. The van der Waals surface area contributed by atoms with Crippen molar-refractivity contribution in [2.45, 2.75) is 52.5 Å². The van der Waals surface area contributed by atoms with Crippen LogP contribution in [0.2, 0.25) is 0 Å². The molecule has 2 aromatic rings. The van der Waals surface area contributed by atoms with Crippen LogP contribution in [0.15, 0.2) is 39.9 Å². The van der Waals surface area contributed by atoms with E-state index in [0.29, 0.717) is 24.8 Å². The summed E-state index contributed by atoms with van der Waals surface area (Å²) in [4.78, 5) is 23.2. The Bertz CT molecular complexity index is 828. The average molecular weight is 412 g/mol. The van der Waals surface area contributed by atoms with Gasteiger partial charge in [0.05, 0.1) is 6.54 Å². The van der Waals surface area contributed by atoms with E-state index < -0.39 is 0 Å². The van der Waals surface area contributed by atoms with Gasteiger partial charge in [0.2, 0.25) is 11.8 Å². The van der Waals surface area contributed by atoms with E-state index in [1.807, 2.05) is 36.1 Å². The largest absolute Gasteiger partial charge is 0.444 e. The molecule has 2 heterocycles. The van der Waals surface area contributed by atoms with Gasteiger partial charge in [0, 0.05) is 38.2 Å². The number of rotatable bonds is 8. The summed E-state index contributed by atoms with van der Waals surface area (Å²) in [7, 11) is 0. The zero-order chi connectivity index (χ0) is 21.2. The lowest BCUT2D eigenvalue weighted by molar-refractivity contribution is -0.130. The number of amides is 1. The van der Waals surface area contributed by atoms with E-state index in [2.05, 4.69) is 27.5 Å². The van der Waals surface area contributed by atoms with Crippen molar-refractivity contribution in [1.29, 1.82) is 0 Å². The van der Waals surface area contributed by atoms with Gasteiger partial charge in [-0.1, -0.05) is 24.1 Å². The quantitative estimate of drug-likeness (QED) is 0.395. The summed E-state index contributed by atoms with van der Waals surface area (Å²) < 4.78 is 5.61. The number of hydrogen-bond acceptors (Lipinski definition) is 4. The number of aryl methyl sites for hydroxylation is 1. The van der Waals surface area contributed by atoms with Crippen molar-refractivity contribution < 1.29 is 9.21 Å². The van der Waals surface area contributed by atoms with E-state index >= 15 is 0 Å². The number of aliphatic imine (C=N–C) groups is 1. The van der Waals surface area contributed by atoms with Gasteiger partial charge in [-0.05, 0) is 45.2 Å². The van der Waals surface area contributed by atoms with Crippen LogP contribution in [0, 0.1) is 6.92 Å². The SMILES string of the molecule is CCNC(=NCc1coc(-c2ccc(C)cc2)n1)NCCCN1CCCCCC1=O. The van der Waals surface area contributed by atoms with Crippen LogP contribution in [0.25, 0.3) is 11.5 Å². The van der Waals surface area contributed by atoms with E-state index in [1.165, 1.54) is 5.56 Å². The maximum atomic E-state index is 12.1. The monoisotopic (exact) mass is 411 g/mol. The molecule has 7 heteroatoms. The number of carbonyl (C=O) groups is 1. The number of benzene rings is 1. The molecule has 0 unspecified atom stereocenters. The Morgan fingerprint density at radius 2 is 2.03 bits per heavy atom. The van der Waals surface area contributed by atoms with Crippen LogP contribution < -0.4 is 10.6 Å². The second-order valence-electron chi connectivity index (χ2n) is 7.68. The first-order valence-electron chi connectivity index (χ1n) is 11.0. The maximum absolute atomic E-state index is 12.1. The summed E-state index contributed by atoms with van der Waals surface area (Å²) in [6.45, 7) is 7.78. The van der Waals surface area contributed by atoms with Gasteiger partial charge in [-0.2, -0.15) is 0 Å². The Hall–Kier alpha value is -2.83. The van der Waals surface area contributed by atoms with E-state index in [4.69, 9.17) is 4.42 Å². The van der Waals surface area contributed by atoms with Crippen molar-refractivity contribution in [2.75, 3.05) is 26.2 Å². The molecule has 1 amide bonds. The Labute approximate surface area is 179 Å². The number of hydrogen-bond donors (Lipinski definition) is 2. The molecule has 2 N–H and O–H groups in total. The molecule has 0 radical (unpaired) electrons. The van der Waals surface area contributed by atoms with Gasteiger partial charge < -0.3 is 20.0 Å². The van der Waals surface area contributed by atoms with Crippen molar-refractivity contribution >= 4 is 11.9 Å². The van der Waals surface area contributed by atoms with Crippen LogP contribution in [0.4, 0.5) is 0 Å². The van der Waals surface area contributed by atoms with Gasteiger partial charge in [0.1, 0.15) is 12.0 Å². The number of aromatic nitrogens is 1. The van der Waals surface area contributed by atoms with Crippen LogP contribution in [0.1, 0.15) is 50.3 Å². The standard InChI is InChI=1S/C23H33N5O2/c1-3-24-23(25-13-7-15-28-14-6-4-5-8-21(28)29)26-16-20-17-30-22(27-20)19-11-9-18(2)10-12-19/h9-12,17H,3-8,13-16H2,1-2H3,(H2,24,25,26). The summed E-state index contributed by atoms with van der Waals surface area (Å²) >= 11 is 0. The number of nitrogens with one attached hydrogen (secondary N) is 2. The van der Waals surface area contributed by atoms with E-state index in [9.17, 15) is 4.79 Å². The molecule has 0 spiro atoms. The van der Waals surface area contributed by atoms with Gasteiger partial charge >= 0.3 is 0 Å². The molecular weight excluding hydrogens is 378 g/mol. The first-order chi connectivity index (χ1) is 14.7. The highest BCUT2D eigenvalue weighted by Gasteiger charge is 2.15. The lowest BCUT2D eigenvalue weighted by Crippen LogP contribution is -2.39. The molecule has 1 saturated heterocycles. The third-order valence-electron chi connectivity index (χ3n) is 5.16. The predicted molar refractivity (Wildman–Crippen MR) is 119 cm³/mol. The summed E-state index contributed by atoms with van der Waals surface area (Å²) in [5, 5.41) is 6.60. The number of nitrogens with zero attached hydrogens (tertiary/aromatic N) is 3. The fourth-order valence-corrected chi connectivity index (χ4v) is 3.46. The summed E-state index contributed by atoms with van der Waals surface area (Å²) in [5.41, 5.74) is 2.96. The Morgan fingerprint density at radius 3 is 2.83 bits per heavy atom. The van der Waals surface area contributed by atoms with Gasteiger partial charge in [-0.25, -0.2) is 9.98 Å². The minimum atomic E-state index is 0.295. The highest BCUT2D eigenvalue weighted by Crippen LogP contribution is 2.19. The molecule has 162 valence electrons. The van der Waals surface area contributed by atoms with Gasteiger partial charge in [-0.3, -0.25) is 4.79 Å². The van der Waals surface area contributed by atoms with E-state index in [1.54, 1.807) is 6.26 Å². The first-order valence-corrected chi connectivity index (χ1v) is 11.0. The lowest BCUT2D eigenvalue weighted by Gasteiger charge is -2.20. The fraction of sp³-hybridized carbons (Fsp3) is 0.522. The minimum Gasteiger partial charge on any atom is -0.444 e. The molecular formula is C23H33N5O2.